The summed E-state index contributed by atoms with van der Waals surface area (Å²) in [7, 11) is 1.58. The molecule has 0 spiro atoms. The Bertz CT molecular complexity index is 563. The first kappa shape index (κ1) is 21.5. The Morgan fingerprint density at radius 3 is 2.19 bits per heavy atom. The predicted octanol–water partition coefficient (Wildman–Crippen LogP) is 4.56. The van der Waals surface area contributed by atoms with Crippen molar-refractivity contribution in [1.29, 1.82) is 0 Å². The van der Waals surface area contributed by atoms with Gasteiger partial charge in [-0.1, -0.05) is 44.6 Å². The minimum absolute atomic E-state index is 0.000729. The van der Waals surface area contributed by atoms with E-state index in [0.29, 0.717) is 30.1 Å². The molecule has 0 amide bonds. The third kappa shape index (κ3) is 8.21. The lowest BCUT2D eigenvalue weighted by molar-refractivity contribution is -0.136. The summed E-state index contributed by atoms with van der Waals surface area (Å²) >= 11 is 0. The number of carboxylic acid groups (broad SMARTS) is 1. The Balaban J connectivity index is 0.000000313. The standard InChI is InChI=1S/C16H22O4.C6H13N/c1-19-15-9-13(10-16(17)18)7-8-14(15)20-11-12-5-3-2-4-6-12;7-6-4-2-1-3-5-6/h7-9,12H,2-6,10-11H2,1H3,(H,17,18);6H,1-5,7H2. The molecule has 0 aromatic heterocycles. The van der Waals surface area contributed by atoms with E-state index in [2.05, 4.69) is 0 Å². The Labute approximate surface area is 163 Å². The molecule has 0 unspecified atom stereocenters. The zero-order valence-electron chi connectivity index (χ0n) is 16.6. The van der Waals surface area contributed by atoms with Crippen LogP contribution < -0.4 is 15.2 Å². The van der Waals surface area contributed by atoms with Crippen molar-refractivity contribution in [3.8, 4) is 11.5 Å². The van der Waals surface area contributed by atoms with Gasteiger partial charge in [-0.2, -0.15) is 0 Å². The summed E-state index contributed by atoms with van der Waals surface area (Å²) in [6.45, 7) is 0.717. The van der Waals surface area contributed by atoms with Crippen LogP contribution in [0, 0.1) is 5.92 Å². The number of benzene rings is 1. The summed E-state index contributed by atoms with van der Waals surface area (Å²) in [6.07, 6.45) is 13.1. The van der Waals surface area contributed by atoms with Crippen LogP contribution in [0.3, 0.4) is 0 Å². The van der Waals surface area contributed by atoms with E-state index in [1.54, 1.807) is 25.3 Å². The molecule has 2 aliphatic rings. The van der Waals surface area contributed by atoms with Gasteiger partial charge >= 0.3 is 5.97 Å². The number of hydrogen-bond donors (Lipinski definition) is 2. The Morgan fingerprint density at radius 1 is 1.04 bits per heavy atom. The van der Waals surface area contributed by atoms with E-state index in [1.807, 2.05) is 0 Å². The first-order chi connectivity index (χ1) is 13.1. The van der Waals surface area contributed by atoms with E-state index in [9.17, 15) is 4.79 Å². The minimum Gasteiger partial charge on any atom is -0.493 e. The molecule has 3 rings (SSSR count). The topological polar surface area (TPSA) is 81.8 Å². The van der Waals surface area contributed by atoms with Crippen LogP contribution in [0.15, 0.2) is 18.2 Å². The van der Waals surface area contributed by atoms with Crippen molar-refractivity contribution < 1.29 is 19.4 Å². The zero-order chi connectivity index (χ0) is 19.5. The van der Waals surface area contributed by atoms with Gasteiger partial charge in [0.15, 0.2) is 11.5 Å². The largest absolute Gasteiger partial charge is 0.493 e. The van der Waals surface area contributed by atoms with Crippen LogP contribution >= 0.6 is 0 Å². The fourth-order valence-corrected chi connectivity index (χ4v) is 3.81. The van der Waals surface area contributed by atoms with Gasteiger partial charge < -0.3 is 20.3 Å². The number of nitrogens with two attached hydrogens (primary N) is 1. The molecule has 27 heavy (non-hydrogen) atoms. The van der Waals surface area contributed by atoms with Gasteiger partial charge in [0, 0.05) is 6.04 Å². The van der Waals surface area contributed by atoms with E-state index >= 15 is 0 Å². The Hall–Kier alpha value is -1.75. The van der Waals surface area contributed by atoms with Crippen molar-refractivity contribution in [3.05, 3.63) is 23.8 Å². The molecule has 2 saturated carbocycles. The fraction of sp³-hybridized carbons (Fsp3) is 0.682. The molecule has 2 fully saturated rings. The molecule has 0 heterocycles. The molecule has 1 aromatic rings. The van der Waals surface area contributed by atoms with Crippen LogP contribution in [0.4, 0.5) is 0 Å². The lowest BCUT2D eigenvalue weighted by Gasteiger charge is -2.22. The number of aliphatic carboxylic acids is 1. The lowest BCUT2D eigenvalue weighted by atomic mass is 9.90. The second-order valence-electron chi connectivity index (χ2n) is 7.77. The highest BCUT2D eigenvalue weighted by atomic mass is 16.5. The van der Waals surface area contributed by atoms with Gasteiger partial charge in [0.25, 0.3) is 0 Å². The third-order valence-electron chi connectivity index (χ3n) is 5.43. The van der Waals surface area contributed by atoms with E-state index < -0.39 is 5.97 Å². The van der Waals surface area contributed by atoms with Gasteiger partial charge in [0.2, 0.25) is 0 Å². The quantitative estimate of drug-likeness (QED) is 0.759. The smallest absolute Gasteiger partial charge is 0.307 e. The molecule has 152 valence electrons. The summed E-state index contributed by atoms with van der Waals surface area (Å²) in [6, 6.07) is 5.87. The van der Waals surface area contributed by atoms with Crippen LogP contribution in [0.25, 0.3) is 0 Å². The maximum absolute atomic E-state index is 10.7. The zero-order valence-corrected chi connectivity index (χ0v) is 16.6. The van der Waals surface area contributed by atoms with Crippen LogP contribution in [-0.4, -0.2) is 30.8 Å². The molecular formula is C22H35NO4. The number of carbonyl (C=O) groups is 1. The molecule has 0 bridgehead atoms. The van der Waals surface area contributed by atoms with Gasteiger partial charge in [-0.25, -0.2) is 0 Å². The predicted molar refractivity (Wildman–Crippen MR) is 107 cm³/mol. The lowest BCUT2D eigenvalue weighted by Crippen LogP contribution is -2.22. The van der Waals surface area contributed by atoms with Crippen molar-refractivity contribution in [3.63, 3.8) is 0 Å². The molecule has 5 nitrogen and oxygen atoms in total. The fourth-order valence-electron chi connectivity index (χ4n) is 3.81. The van der Waals surface area contributed by atoms with Gasteiger partial charge in [-0.15, -0.1) is 0 Å². The number of hydrogen-bond acceptors (Lipinski definition) is 4. The van der Waals surface area contributed by atoms with Crippen LogP contribution in [0.2, 0.25) is 0 Å². The highest BCUT2D eigenvalue weighted by molar-refractivity contribution is 5.70. The molecule has 5 heteroatoms. The summed E-state index contributed by atoms with van der Waals surface area (Å²) in [5, 5.41) is 8.80. The third-order valence-corrected chi connectivity index (χ3v) is 5.43. The van der Waals surface area contributed by atoms with Crippen LogP contribution in [-0.2, 0) is 11.2 Å². The number of methoxy groups -OCH3 is 1. The van der Waals surface area contributed by atoms with Crippen molar-refractivity contribution in [2.45, 2.75) is 76.7 Å². The van der Waals surface area contributed by atoms with Crippen LogP contribution in [0.1, 0.15) is 69.8 Å². The van der Waals surface area contributed by atoms with Crippen molar-refractivity contribution >= 4 is 5.97 Å². The molecular weight excluding hydrogens is 342 g/mol. The van der Waals surface area contributed by atoms with Crippen LogP contribution in [0.5, 0.6) is 11.5 Å². The minimum atomic E-state index is -0.845. The van der Waals surface area contributed by atoms with Crippen molar-refractivity contribution in [1.82, 2.24) is 0 Å². The SMILES string of the molecule is COc1cc(CC(=O)O)ccc1OCC1CCCCC1.NC1CCCCC1. The maximum atomic E-state index is 10.7. The second kappa shape index (κ2) is 11.9. The molecule has 0 saturated heterocycles. The highest BCUT2D eigenvalue weighted by Gasteiger charge is 2.15. The molecule has 0 atom stereocenters. The van der Waals surface area contributed by atoms with E-state index in [4.69, 9.17) is 20.3 Å². The first-order valence-electron chi connectivity index (χ1n) is 10.4. The summed E-state index contributed by atoms with van der Waals surface area (Å²) in [4.78, 5) is 10.7. The number of carboxylic acids is 1. The summed E-state index contributed by atoms with van der Waals surface area (Å²) in [5.74, 6) is 1.10. The Kier molecular flexibility index (Phi) is 9.46. The van der Waals surface area contributed by atoms with E-state index in [1.165, 1.54) is 64.2 Å². The van der Waals surface area contributed by atoms with Gasteiger partial charge in [0.05, 0.1) is 20.1 Å². The van der Waals surface area contributed by atoms with Gasteiger partial charge in [-0.05, 0) is 49.3 Å². The molecule has 0 radical (unpaired) electrons. The average Bonchev–Trinajstić information content (AvgIpc) is 2.68. The molecule has 2 aliphatic carbocycles. The number of ether oxygens (including phenoxy) is 2. The van der Waals surface area contributed by atoms with Crippen molar-refractivity contribution in [2.24, 2.45) is 11.7 Å². The Morgan fingerprint density at radius 2 is 1.67 bits per heavy atom. The normalized spacial score (nSPS) is 18.3. The summed E-state index contributed by atoms with van der Waals surface area (Å²) in [5.41, 5.74) is 6.36. The van der Waals surface area contributed by atoms with Gasteiger partial charge in [-0.3, -0.25) is 4.79 Å². The molecule has 0 aliphatic heterocycles. The van der Waals surface area contributed by atoms with Gasteiger partial charge in [0.1, 0.15) is 0 Å². The number of rotatable bonds is 6. The highest BCUT2D eigenvalue weighted by Crippen LogP contribution is 2.30. The second-order valence-corrected chi connectivity index (χ2v) is 7.77. The van der Waals surface area contributed by atoms with Crippen molar-refractivity contribution in [2.75, 3.05) is 13.7 Å². The summed E-state index contributed by atoms with van der Waals surface area (Å²) < 4.78 is 11.1. The monoisotopic (exact) mass is 377 g/mol. The van der Waals surface area contributed by atoms with E-state index in [-0.39, 0.29) is 6.42 Å². The first-order valence-corrected chi connectivity index (χ1v) is 10.4. The maximum Gasteiger partial charge on any atom is 0.307 e. The molecule has 3 N–H and O–H groups in total. The average molecular weight is 378 g/mol. The van der Waals surface area contributed by atoms with E-state index in [0.717, 1.165) is 5.56 Å². The molecule has 1 aromatic carbocycles.